The summed E-state index contributed by atoms with van der Waals surface area (Å²) in [7, 11) is 3.64. The van der Waals surface area contributed by atoms with Gasteiger partial charge in [0.15, 0.2) is 5.82 Å². The number of H-pyrrole nitrogens is 1. The van der Waals surface area contributed by atoms with Gasteiger partial charge in [0, 0.05) is 37.3 Å². The highest BCUT2D eigenvalue weighted by molar-refractivity contribution is 6.31. The van der Waals surface area contributed by atoms with Gasteiger partial charge < -0.3 is 25.3 Å². The maximum atomic E-state index is 14.2. The first-order valence-corrected chi connectivity index (χ1v) is 8.70. The average molecular weight is 396 g/mol. The number of carbonyl (C=O) groups excluding carboxylic acids is 1. The van der Waals surface area contributed by atoms with E-state index in [-0.39, 0.29) is 6.54 Å². The van der Waals surface area contributed by atoms with E-state index in [9.17, 15) is 14.0 Å². The summed E-state index contributed by atoms with van der Waals surface area (Å²) >= 11 is 0. The largest absolute Gasteiger partial charge is 0.474 e. The van der Waals surface area contributed by atoms with Crippen molar-refractivity contribution < 1.29 is 19.1 Å². The van der Waals surface area contributed by atoms with Gasteiger partial charge in [-0.1, -0.05) is 0 Å². The molecule has 0 saturated carbocycles. The quantitative estimate of drug-likeness (QED) is 0.391. The fourth-order valence-electron chi connectivity index (χ4n) is 3.29. The Bertz CT molecular complexity index is 1280. The Kier molecular flexibility index (Phi) is 4.38. The molecule has 1 aromatic carbocycles. The topological polar surface area (TPSA) is 125 Å². The van der Waals surface area contributed by atoms with Gasteiger partial charge in [0.25, 0.3) is 0 Å². The maximum absolute atomic E-state index is 14.2. The van der Waals surface area contributed by atoms with Gasteiger partial charge in [-0.3, -0.25) is 4.79 Å². The van der Waals surface area contributed by atoms with Crippen molar-refractivity contribution in [2.45, 2.75) is 6.54 Å². The molecule has 4 N–H and O–H groups in total. The number of aliphatic carboxylic acids is 1. The Morgan fingerprint density at radius 1 is 1.28 bits per heavy atom. The Morgan fingerprint density at radius 3 is 2.79 bits per heavy atom. The average Bonchev–Trinajstić information content (AvgIpc) is 3.28. The molecule has 1 amide bonds. The number of nitrogens with one attached hydrogen (secondary N) is 3. The molecule has 3 aromatic heterocycles. The number of hydrogen-bond acceptors (Lipinski definition) is 5. The Hall–Kier alpha value is -3.95. The van der Waals surface area contributed by atoms with Crippen molar-refractivity contribution in [3.8, 4) is 11.3 Å². The summed E-state index contributed by atoms with van der Waals surface area (Å²) in [5.74, 6) is -2.62. The molecule has 0 spiro atoms. The molecular formula is C19H17FN6O3. The molecule has 4 rings (SSSR count). The van der Waals surface area contributed by atoms with E-state index in [1.807, 2.05) is 17.7 Å². The third-order valence-corrected chi connectivity index (χ3v) is 4.59. The summed E-state index contributed by atoms with van der Waals surface area (Å²) in [6.45, 7) is -0.107. The molecule has 4 aromatic rings. The number of carboxylic acid groups (broad SMARTS) is 1. The van der Waals surface area contributed by atoms with E-state index in [1.54, 1.807) is 19.4 Å². The van der Waals surface area contributed by atoms with Gasteiger partial charge in [-0.15, -0.1) is 0 Å². The zero-order chi connectivity index (χ0) is 20.7. The monoisotopic (exact) mass is 396 g/mol. The normalized spacial score (nSPS) is 11.1. The van der Waals surface area contributed by atoms with Crippen LogP contribution in [0.4, 0.5) is 10.2 Å². The van der Waals surface area contributed by atoms with Crippen LogP contribution >= 0.6 is 0 Å². The Labute approximate surface area is 163 Å². The van der Waals surface area contributed by atoms with Crippen molar-refractivity contribution in [3.05, 3.63) is 42.0 Å². The molecule has 0 aliphatic carbocycles. The van der Waals surface area contributed by atoms with E-state index in [0.29, 0.717) is 28.3 Å². The van der Waals surface area contributed by atoms with E-state index < -0.39 is 17.7 Å². The van der Waals surface area contributed by atoms with Gasteiger partial charge in [-0.2, -0.15) is 0 Å². The lowest BCUT2D eigenvalue weighted by atomic mass is 10.1. The van der Waals surface area contributed by atoms with Crippen molar-refractivity contribution in [2.24, 2.45) is 7.05 Å². The van der Waals surface area contributed by atoms with Crippen LogP contribution in [0.15, 0.2) is 30.6 Å². The van der Waals surface area contributed by atoms with Crippen LogP contribution in [-0.2, 0) is 23.2 Å². The zero-order valence-electron chi connectivity index (χ0n) is 15.6. The van der Waals surface area contributed by atoms with Crippen LogP contribution in [0.2, 0.25) is 0 Å². The number of rotatable bonds is 4. The minimum absolute atomic E-state index is 0.107. The number of benzene rings is 1. The summed E-state index contributed by atoms with van der Waals surface area (Å²) in [5.41, 5.74) is 3.84. The van der Waals surface area contributed by atoms with E-state index >= 15 is 0 Å². The number of aromatic nitrogens is 4. The van der Waals surface area contributed by atoms with Crippen molar-refractivity contribution in [3.63, 3.8) is 0 Å². The van der Waals surface area contributed by atoms with Crippen LogP contribution in [-0.4, -0.2) is 43.5 Å². The van der Waals surface area contributed by atoms with E-state index in [0.717, 1.165) is 16.4 Å². The summed E-state index contributed by atoms with van der Waals surface area (Å²) in [6.07, 6.45) is 1.70. The van der Waals surface area contributed by atoms with Crippen molar-refractivity contribution >= 4 is 39.8 Å². The van der Waals surface area contributed by atoms with E-state index in [2.05, 4.69) is 25.6 Å². The van der Waals surface area contributed by atoms with Gasteiger partial charge in [0.05, 0.1) is 11.8 Å². The van der Waals surface area contributed by atoms with Crippen LogP contribution < -0.4 is 10.6 Å². The minimum Gasteiger partial charge on any atom is -0.474 e. The third-order valence-electron chi connectivity index (χ3n) is 4.59. The zero-order valence-corrected chi connectivity index (χ0v) is 15.6. The fourth-order valence-corrected chi connectivity index (χ4v) is 3.29. The number of fused-ring (bicyclic) bond motifs is 3. The first-order valence-electron chi connectivity index (χ1n) is 8.70. The number of anilines is 1. The number of imidazole rings is 1. The molecule has 10 heteroatoms. The SMILES string of the molecule is CNc1nc2[nH]c(-c3cc(F)cc(CNC(=O)C(=O)O)c3)cc2c2c1ncn2C. The standard InChI is InChI=1S/C19H17FN6O3/c1-21-17-14-15(26(2)8-23-14)12-6-13(24-16(12)25-17)10-3-9(4-11(20)5-10)7-22-18(27)19(28)29/h3-6,8H,7H2,1-2H3,(H,22,27)(H,28,29)(H2,21,24,25). The molecular weight excluding hydrogens is 379 g/mol. The molecule has 148 valence electrons. The number of nitrogens with zero attached hydrogens (tertiary/aromatic N) is 3. The second-order valence-electron chi connectivity index (χ2n) is 6.54. The Morgan fingerprint density at radius 2 is 2.07 bits per heavy atom. The van der Waals surface area contributed by atoms with Crippen molar-refractivity contribution in [2.75, 3.05) is 12.4 Å². The van der Waals surface area contributed by atoms with Gasteiger partial charge >= 0.3 is 11.9 Å². The lowest BCUT2D eigenvalue weighted by molar-refractivity contribution is -0.150. The van der Waals surface area contributed by atoms with Gasteiger partial charge in [0.1, 0.15) is 17.0 Å². The van der Waals surface area contributed by atoms with Crippen molar-refractivity contribution in [1.82, 2.24) is 24.8 Å². The smallest absolute Gasteiger partial charge is 0.394 e. The van der Waals surface area contributed by atoms with Gasteiger partial charge in [-0.25, -0.2) is 19.2 Å². The number of aromatic amines is 1. The van der Waals surface area contributed by atoms with Crippen LogP contribution in [0.3, 0.4) is 0 Å². The first kappa shape index (κ1) is 18.4. The van der Waals surface area contributed by atoms with Crippen LogP contribution in [0.25, 0.3) is 33.3 Å². The van der Waals surface area contributed by atoms with E-state index in [1.165, 1.54) is 12.1 Å². The van der Waals surface area contributed by atoms with Gasteiger partial charge in [0.2, 0.25) is 0 Å². The molecule has 0 atom stereocenters. The van der Waals surface area contributed by atoms with Gasteiger partial charge in [-0.05, 0) is 29.8 Å². The molecule has 0 aliphatic heterocycles. The predicted molar refractivity (Wildman–Crippen MR) is 105 cm³/mol. The molecule has 3 heterocycles. The molecule has 0 fully saturated rings. The Balaban J connectivity index is 1.78. The first-order chi connectivity index (χ1) is 13.9. The highest BCUT2D eigenvalue weighted by Crippen LogP contribution is 2.32. The fraction of sp³-hybridized carbons (Fsp3) is 0.158. The lowest BCUT2D eigenvalue weighted by Crippen LogP contribution is -2.30. The predicted octanol–water partition coefficient (Wildman–Crippen LogP) is 2.00. The molecule has 0 bridgehead atoms. The van der Waals surface area contributed by atoms with E-state index in [4.69, 9.17) is 5.11 Å². The number of aryl methyl sites for hydroxylation is 1. The second-order valence-corrected chi connectivity index (χ2v) is 6.54. The third kappa shape index (κ3) is 3.24. The molecule has 0 radical (unpaired) electrons. The molecule has 0 aliphatic rings. The number of carboxylic acids is 1. The maximum Gasteiger partial charge on any atom is 0.394 e. The van der Waals surface area contributed by atoms with Crippen LogP contribution in [0.5, 0.6) is 0 Å². The van der Waals surface area contributed by atoms with Crippen LogP contribution in [0.1, 0.15) is 5.56 Å². The number of pyridine rings is 1. The number of halogens is 1. The highest BCUT2D eigenvalue weighted by Gasteiger charge is 2.16. The summed E-state index contributed by atoms with van der Waals surface area (Å²) < 4.78 is 16.0. The highest BCUT2D eigenvalue weighted by atomic mass is 19.1. The number of carbonyl (C=O) groups is 2. The summed E-state index contributed by atoms with van der Waals surface area (Å²) in [5, 5.41) is 14.7. The molecule has 0 unspecified atom stereocenters. The summed E-state index contributed by atoms with van der Waals surface area (Å²) in [6, 6.07) is 6.13. The lowest BCUT2D eigenvalue weighted by Gasteiger charge is -2.06. The molecule has 29 heavy (non-hydrogen) atoms. The summed E-state index contributed by atoms with van der Waals surface area (Å²) in [4.78, 5) is 34.0. The molecule has 9 nitrogen and oxygen atoms in total. The van der Waals surface area contributed by atoms with Crippen molar-refractivity contribution in [1.29, 1.82) is 0 Å². The number of hydrogen-bond donors (Lipinski definition) is 4. The molecule has 0 saturated heterocycles. The number of amides is 1. The van der Waals surface area contributed by atoms with Crippen LogP contribution in [0, 0.1) is 5.82 Å². The second kappa shape index (κ2) is 6.89. The minimum atomic E-state index is -1.59.